The number of benzene rings is 2. The van der Waals surface area contributed by atoms with E-state index in [9.17, 15) is 8.42 Å². The Morgan fingerprint density at radius 3 is 2.00 bits per heavy atom. The van der Waals surface area contributed by atoms with Crippen LogP contribution in [0, 0.1) is 6.92 Å². The molecule has 1 heterocycles. The lowest BCUT2D eigenvalue weighted by molar-refractivity contribution is 0.259. The molecule has 0 saturated heterocycles. The lowest BCUT2D eigenvalue weighted by Gasteiger charge is -2.17. The molecule has 0 aliphatic heterocycles. The average molecular weight is 446 g/mol. The fourth-order valence-corrected chi connectivity index (χ4v) is 4.23. The SMILES string of the molecule is CCOc1cc(S(=O)(=O)n2cc(-c3ccc(C)cc3)c(N)n2)cc(OCC)c1OCC. The van der Waals surface area contributed by atoms with Crippen LogP contribution in [0.3, 0.4) is 0 Å². The normalized spacial score (nSPS) is 11.4. The number of aromatic nitrogens is 2. The summed E-state index contributed by atoms with van der Waals surface area (Å²) in [6, 6.07) is 10.4. The molecule has 0 amide bonds. The van der Waals surface area contributed by atoms with E-state index in [4.69, 9.17) is 19.9 Å². The predicted molar refractivity (Wildman–Crippen MR) is 119 cm³/mol. The van der Waals surface area contributed by atoms with Gasteiger partial charge in [0.25, 0.3) is 10.0 Å². The van der Waals surface area contributed by atoms with Crippen LogP contribution in [0.15, 0.2) is 47.5 Å². The number of anilines is 1. The fraction of sp³-hybridized carbons (Fsp3) is 0.318. The molecule has 0 radical (unpaired) electrons. The first kappa shape index (κ1) is 22.5. The topological polar surface area (TPSA) is 106 Å². The fourth-order valence-electron chi connectivity index (χ4n) is 3.07. The zero-order valence-corrected chi connectivity index (χ0v) is 18.9. The molecule has 0 spiro atoms. The van der Waals surface area contributed by atoms with Crippen molar-refractivity contribution in [2.45, 2.75) is 32.6 Å². The van der Waals surface area contributed by atoms with E-state index in [0.717, 1.165) is 15.2 Å². The lowest BCUT2D eigenvalue weighted by atomic mass is 10.1. The molecule has 2 aromatic carbocycles. The van der Waals surface area contributed by atoms with Gasteiger partial charge in [-0.25, -0.2) is 0 Å². The number of nitrogens with two attached hydrogens (primary N) is 1. The number of hydrogen-bond donors (Lipinski definition) is 1. The molecule has 0 fully saturated rings. The summed E-state index contributed by atoms with van der Waals surface area (Å²) in [4.78, 5) is -0.0409. The third-order valence-corrected chi connectivity index (χ3v) is 6.02. The van der Waals surface area contributed by atoms with E-state index < -0.39 is 10.0 Å². The minimum atomic E-state index is -4.06. The van der Waals surface area contributed by atoms with Crippen LogP contribution in [0.25, 0.3) is 11.1 Å². The molecule has 0 aliphatic rings. The zero-order chi connectivity index (χ0) is 22.6. The smallest absolute Gasteiger partial charge is 0.283 e. The Hall–Kier alpha value is -3.20. The maximum absolute atomic E-state index is 13.4. The molecule has 0 saturated carbocycles. The van der Waals surface area contributed by atoms with Crippen molar-refractivity contribution in [1.82, 2.24) is 9.19 Å². The van der Waals surface area contributed by atoms with E-state index in [1.807, 2.05) is 38.1 Å². The van der Waals surface area contributed by atoms with Crippen LogP contribution < -0.4 is 19.9 Å². The van der Waals surface area contributed by atoms with Gasteiger partial charge < -0.3 is 19.9 Å². The molecule has 3 aromatic rings. The molecule has 2 N–H and O–H groups in total. The summed E-state index contributed by atoms with van der Waals surface area (Å²) in [5, 5.41) is 4.06. The Bertz CT molecular complexity index is 1130. The van der Waals surface area contributed by atoms with E-state index in [2.05, 4.69) is 5.10 Å². The summed E-state index contributed by atoms with van der Waals surface area (Å²) < 4.78 is 44.5. The number of nitrogens with zero attached hydrogens (tertiary/aromatic N) is 2. The first-order valence-electron chi connectivity index (χ1n) is 10.1. The number of nitrogen functional groups attached to an aromatic ring is 1. The third kappa shape index (κ3) is 4.61. The van der Waals surface area contributed by atoms with Crippen LogP contribution in [0.5, 0.6) is 17.2 Å². The van der Waals surface area contributed by atoms with Crippen molar-refractivity contribution < 1.29 is 22.6 Å². The van der Waals surface area contributed by atoms with Gasteiger partial charge in [0.15, 0.2) is 17.3 Å². The highest BCUT2D eigenvalue weighted by Crippen LogP contribution is 2.41. The van der Waals surface area contributed by atoms with Crippen molar-refractivity contribution in [2.75, 3.05) is 25.6 Å². The summed E-state index contributed by atoms with van der Waals surface area (Å²) in [5.41, 5.74) is 8.44. The Kier molecular flexibility index (Phi) is 6.74. The maximum atomic E-state index is 13.4. The van der Waals surface area contributed by atoms with E-state index in [0.29, 0.717) is 31.1 Å². The number of ether oxygens (including phenoxy) is 3. The van der Waals surface area contributed by atoms with Gasteiger partial charge in [0.05, 0.1) is 30.9 Å². The second kappa shape index (κ2) is 9.30. The van der Waals surface area contributed by atoms with Gasteiger partial charge in [-0.1, -0.05) is 29.8 Å². The van der Waals surface area contributed by atoms with E-state index in [1.165, 1.54) is 18.3 Å². The van der Waals surface area contributed by atoms with Crippen molar-refractivity contribution in [3.63, 3.8) is 0 Å². The van der Waals surface area contributed by atoms with Crippen LogP contribution in [0.1, 0.15) is 26.3 Å². The molecule has 0 atom stereocenters. The monoisotopic (exact) mass is 445 g/mol. The zero-order valence-electron chi connectivity index (χ0n) is 18.1. The van der Waals surface area contributed by atoms with E-state index >= 15 is 0 Å². The maximum Gasteiger partial charge on any atom is 0.283 e. The summed E-state index contributed by atoms with van der Waals surface area (Å²) >= 11 is 0. The summed E-state index contributed by atoms with van der Waals surface area (Å²) in [6.07, 6.45) is 1.41. The third-order valence-electron chi connectivity index (χ3n) is 4.51. The molecule has 9 heteroatoms. The number of hydrogen-bond acceptors (Lipinski definition) is 7. The Balaban J connectivity index is 2.11. The van der Waals surface area contributed by atoms with Gasteiger partial charge in [0, 0.05) is 17.7 Å². The molecule has 0 aliphatic carbocycles. The highest BCUT2D eigenvalue weighted by atomic mass is 32.2. The van der Waals surface area contributed by atoms with Gasteiger partial charge in [0.1, 0.15) is 0 Å². The van der Waals surface area contributed by atoms with Gasteiger partial charge in [-0.2, -0.15) is 12.5 Å². The second-order valence-electron chi connectivity index (χ2n) is 6.72. The van der Waals surface area contributed by atoms with Crippen LogP contribution >= 0.6 is 0 Å². The molecule has 166 valence electrons. The van der Waals surface area contributed by atoms with Crippen molar-refractivity contribution in [3.8, 4) is 28.4 Å². The molecule has 1 aromatic heterocycles. The van der Waals surface area contributed by atoms with Crippen molar-refractivity contribution >= 4 is 15.8 Å². The minimum Gasteiger partial charge on any atom is -0.490 e. The first-order chi connectivity index (χ1) is 14.8. The van der Waals surface area contributed by atoms with Gasteiger partial charge in [-0.05, 0) is 33.3 Å². The highest BCUT2D eigenvalue weighted by Gasteiger charge is 2.25. The molecular weight excluding hydrogens is 418 g/mol. The first-order valence-corrected chi connectivity index (χ1v) is 11.5. The van der Waals surface area contributed by atoms with Crippen LogP contribution in [0.2, 0.25) is 0 Å². The van der Waals surface area contributed by atoms with Gasteiger partial charge in [0.2, 0.25) is 5.75 Å². The van der Waals surface area contributed by atoms with E-state index in [1.54, 1.807) is 13.8 Å². The molecule has 0 unspecified atom stereocenters. The Labute approximate surface area is 182 Å². The molecule has 3 rings (SSSR count). The highest BCUT2D eigenvalue weighted by molar-refractivity contribution is 7.89. The summed E-state index contributed by atoms with van der Waals surface area (Å²) in [6.45, 7) is 8.46. The molecule has 8 nitrogen and oxygen atoms in total. The second-order valence-corrected chi connectivity index (χ2v) is 8.51. The van der Waals surface area contributed by atoms with Crippen LogP contribution in [-0.2, 0) is 10.0 Å². The van der Waals surface area contributed by atoms with Gasteiger partial charge >= 0.3 is 0 Å². The Morgan fingerprint density at radius 2 is 1.48 bits per heavy atom. The van der Waals surface area contributed by atoms with Gasteiger partial charge in [-0.3, -0.25) is 0 Å². The molecule has 0 bridgehead atoms. The number of aryl methyl sites for hydroxylation is 1. The number of rotatable bonds is 9. The minimum absolute atomic E-state index is 0.0409. The molecule has 31 heavy (non-hydrogen) atoms. The summed E-state index contributed by atoms with van der Waals surface area (Å²) in [7, 11) is -4.06. The van der Waals surface area contributed by atoms with Crippen molar-refractivity contribution in [3.05, 3.63) is 48.2 Å². The molecular formula is C22H27N3O5S. The van der Waals surface area contributed by atoms with Gasteiger partial charge in [-0.15, -0.1) is 5.10 Å². The largest absolute Gasteiger partial charge is 0.490 e. The summed E-state index contributed by atoms with van der Waals surface area (Å²) in [5.74, 6) is 1.06. The van der Waals surface area contributed by atoms with Crippen LogP contribution in [0.4, 0.5) is 5.82 Å². The van der Waals surface area contributed by atoms with Crippen molar-refractivity contribution in [1.29, 1.82) is 0 Å². The lowest BCUT2D eigenvalue weighted by Crippen LogP contribution is -2.15. The quantitative estimate of drug-likeness (QED) is 0.533. The Morgan fingerprint density at radius 1 is 0.935 bits per heavy atom. The van der Waals surface area contributed by atoms with Crippen molar-refractivity contribution in [2.24, 2.45) is 0 Å². The van der Waals surface area contributed by atoms with Crippen LogP contribution in [-0.4, -0.2) is 37.4 Å². The average Bonchev–Trinajstić information content (AvgIpc) is 3.13. The van der Waals surface area contributed by atoms with E-state index in [-0.39, 0.29) is 22.2 Å². The standard InChI is InChI=1S/C22H27N3O5S/c1-5-28-19-12-17(13-20(29-6-2)21(19)30-7-3)31(26,27)25-14-18(22(23)24-25)16-10-8-15(4)9-11-16/h8-14H,5-7H2,1-4H3,(H2,23,24). The predicted octanol–water partition coefficient (Wildman–Crippen LogP) is 3.87.